The predicted molar refractivity (Wildman–Crippen MR) is 88.6 cm³/mol. The highest BCUT2D eigenvalue weighted by Gasteiger charge is 2.34. The van der Waals surface area contributed by atoms with Gasteiger partial charge in [0, 0.05) is 22.1 Å². The Hall–Kier alpha value is -0.870. The summed E-state index contributed by atoms with van der Waals surface area (Å²) in [5.41, 5.74) is 1.82. The molecule has 2 aliphatic rings. The number of amides is 1. The Labute approximate surface area is 135 Å². The van der Waals surface area contributed by atoms with Gasteiger partial charge in [-0.15, -0.1) is 0 Å². The zero-order valence-corrected chi connectivity index (χ0v) is 14.2. The molecule has 0 aromatic heterocycles. The van der Waals surface area contributed by atoms with Crippen molar-refractivity contribution in [2.24, 2.45) is 0 Å². The van der Waals surface area contributed by atoms with Gasteiger partial charge in [-0.25, -0.2) is 0 Å². The van der Waals surface area contributed by atoms with E-state index in [1.807, 2.05) is 25.1 Å². The lowest BCUT2D eigenvalue weighted by Crippen LogP contribution is -2.47. The fraction of sp³-hybridized carbons (Fsp3) is 0.588. The number of hydrogen-bond donors (Lipinski definition) is 1. The molecule has 1 heterocycles. The summed E-state index contributed by atoms with van der Waals surface area (Å²) in [7, 11) is 0. The number of halogens is 1. The highest BCUT2D eigenvalue weighted by molar-refractivity contribution is 9.10. The zero-order chi connectivity index (χ0) is 14.8. The number of likely N-dealkylation sites (tertiary alicyclic amines) is 1. The van der Waals surface area contributed by atoms with Gasteiger partial charge < -0.3 is 5.32 Å². The Morgan fingerprint density at radius 2 is 2.00 bits per heavy atom. The third-order valence-electron chi connectivity index (χ3n) is 4.84. The molecule has 0 unspecified atom stereocenters. The fourth-order valence-corrected chi connectivity index (χ4v) is 4.22. The second kappa shape index (κ2) is 6.49. The molecule has 4 heteroatoms. The Morgan fingerprint density at radius 1 is 1.24 bits per heavy atom. The van der Waals surface area contributed by atoms with E-state index in [2.05, 4.69) is 26.1 Å². The fourth-order valence-electron chi connectivity index (χ4n) is 3.75. The van der Waals surface area contributed by atoms with Crippen LogP contribution in [0.5, 0.6) is 0 Å². The van der Waals surface area contributed by atoms with Crippen LogP contribution in [0, 0.1) is 6.92 Å². The van der Waals surface area contributed by atoms with E-state index in [9.17, 15) is 4.79 Å². The first-order valence-corrected chi connectivity index (χ1v) is 8.75. The second-order valence-corrected chi connectivity index (χ2v) is 7.20. The summed E-state index contributed by atoms with van der Waals surface area (Å²) in [5.74, 6) is 0.0797. The molecule has 1 amide bonds. The summed E-state index contributed by atoms with van der Waals surface area (Å²) < 4.78 is 1.02. The first-order valence-electron chi connectivity index (χ1n) is 7.96. The van der Waals surface area contributed by atoms with Gasteiger partial charge in [-0.05, 0) is 75.9 Å². The van der Waals surface area contributed by atoms with Gasteiger partial charge in [-0.1, -0.05) is 15.9 Å². The second-order valence-electron chi connectivity index (χ2n) is 6.28. The minimum Gasteiger partial charge on any atom is -0.348 e. The number of rotatable bonds is 3. The van der Waals surface area contributed by atoms with Crippen LogP contribution in [0.4, 0.5) is 0 Å². The lowest BCUT2D eigenvalue weighted by molar-refractivity contribution is 0.0912. The van der Waals surface area contributed by atoms with Crippen molar-refractivity contribution in [1.29, 1.82) is 0 Å². The largest absolute Gasteiger partial charge is 0.348 e. The normalized spacial score (nSPS) is 26.2. The molecule has 1 aliphatic heterocycles. The van der Waals surface area contributed by atoms with E-state index in [4.69, 9.17) is 0 Å². The van der Waals surface area contributed by atoms with Gasteiger partial charge in [0.25, 0.3) is 5.91 Å². The van der Waals surface area contributed by atoms with Gasteiger partial charge in [-0.3, -0.25) is 9.69 Å². The Bertz CT molecular complexity index is 526. The van der Waals surface area contributed by atoms with Gasteiger partial charge in [-0.2, -0.15) is 0 Å². The van der Waals surface area contributed by atoms with E-state index in [1.54, 1.807) is 0 Å². The van der Waals surface area contributed by atoms with Crippen LogP contribution in [0.1, 0.15) is 48.0 Å². The summed E-state index contributed by atoms with van der Waals surface area (Å²) in [6, 6.07) is 6.72. The molecule has 1 aliphatic carbocycles. The van der Waals surface area contributed by atoms with E-state index in [0.29, 0.717) is 12.1 Å². The SMILES string of the molecule is Cc1cc(Br)ccc1C(=O)N[C@H]1CCC[C@H]1N1CCCC1. The Balaban J connectivity index is 1.68. The van der Waals surface area contributed by atoms with Crippen LogP contribution in [-0.4, -0.2) is 36.0 Å². The number of nitrogens with zero attached hydrogens (tertiary/aromatic N) is 1. The van der Waals surface area contributed by atoms with Gasteiger partial charge >= 0.3 is 0 Å². The lowest BCUT2D eigenvalue weighted by atomic mass is 10.1. The molecular weight excluding hydrogens is 328 g/mol. The molecule has 1 saturated carbocycles. The number of aryl methyl sites for hydroxylation is 1. The maximum Gasteiger partial charge on any atom is 0.251 e. The molecule has 21 heavy (non-hydrogen) atoms. The molecule has 2 atom stereocenters. The van der Waals surface area contributed by atoms with Crippen LogP contribution >= 0.6 is 15.9 Å². The van der Waals surface area contributed by atoms with Crippen LogP contribution < -0.4 is 5.32 Å². The van der Waals surface area contributed by atoms with E-state index in [0.717, 1.165) is 22.0 Å². The van der Waals surface area contributed by atoms with Crippen LogP contribution in [0.25, 0.3) is 0 Å². The highest BCUT2D eigenvalue weighted by atomic mass is 79.9. The van der Waals surface area contributed by atoms with Gasteiger partial charge in [0.1, 0.15) is 0 Å². The molecule has 0 spiro atoms. The van der Waals surface area contributed by atoms with Gasteiger partial charge in [0.05, 0.1) is 0 Å². The third-order valence-corrected chi connectivity index (χ3v) is 5.33. The van der Waals surface area contributed by atoms with Crippen molar-refractivity contribution in [3.63, 3.8) is 0 Å². The van der Waals surface area contributed by atoms with E-state index < -0.39 is 0 Å². The summed E-state index contributed by atoms with van der Waals surface area (Å²) in [6.45, 7) is 4.40. The summed E-state index contributed by atoms with van der Waals surface area (Å²) in [6.07, 6.45) is 6.18. The van der Waals surface area contributed by atoms with Crippen LogP contribution in [0.15, 0.2) is 22.7 Å². The monoisotopic (exact) mass is 350 g/mol. The number of benzene rings is 1. The molecule has 1 aromatic carbocycles. The standard InChI is InChI=1S/C17H23BrN2O/c1-12-11-13(18)7-8-14(12)17(21)19-15-5-4-6-16(15)20-9-2-3-10-20/h7-8,11,15-16H,2-6,9-10H2,1H3,(H,19,21)/t15-,16+/m0/s1. The van der Waals surface area contributed by atoms with Crippen LogP contribution in [-0.2, 0) is 0 Å². The average Bonchev–Trinajstić information content (AvgIpc) is 3.08. The van der Waals surface area contributed by atoms with Crippen molar-refractivity contribution >= 4 is 21.8 Å². The van der Waals surface area contributed by atoms with E-state index in [1.165, 1.54) is 38.8 Å². The molecule has 3 rings (SSSR count). The molecule has 0 bridgehead atoms. The van der Waals surface area contributed by atoms with Crippen molar-refractivity contribution in [1.82, 2.24) is 10.2 Å². The minimum absolute atomic E-state index is 0.0797. The minimum atomic E-state index is 0.0797. The smallest absolute Gasteiger partial charge is 0.251 e. The summed E-state index contributed by atoms with van der Waals surface area (Å²) >= 11 is 3.45. The number of carbonyl (C=O) groups excluding carboxylic acids is 1. The zero-order valence-electron chi connectivity index (χ0n) is 12.6. The Morgan fingerprint density at radius 3 is 2.71 bits per heavy atom. The molecule has 2 fully saturated rings. The molecule has 3 nitrogen and oxygen atoms in total. The molecular formula is C17H23BrN2O. The van der Waals surface area contributed by atoms with Crippen molar-refractivity contribution < 1.29 is 4.79 Å². The summed E-state index contributed by atoms with van der Waals surface area (Å²) in [5, 5.41) is 3.29. The number of nitrogens with one attached hydrogen (secondary N) is 1. The maximum atomic E-state index is 12.5. The van der Waals surface area contributed by atoms with E-state index in [-0.39, 0.29) is 5.91 Å². The van der Waals surface area contributed by atoms with Crippen molar-refractivity contribution in [3.05, 3.63) is 33.8 Å². The van der Waals surface area contributed by atoms with Crippen molar-refractivity contribution in [2.45, 2.75) is 51.1 Å². The highest BCUT2D eigenvalue weighted by Crippen LogP contribution is 2.27. The topological polar surface area (TPSA) is 32.3 Å². The van der Waals surface area contributed by atoms with Crippen molar-refractivity contribution in [3.8, 4) is 0 Å². The molecule has 1 N–H and O–H groups in total. The molecule has 114 valence electrons. The Kier molecular flexibility index (Phi) is 4.65. The first kappa shape index (κ1) is 15.0. The van der Waals surface area contributed by atoms with E-state index >= 15 is 0 Å². The van der Waals surface area contributed by atoms with Gasteiger partial charge in [0.15, 0.2) is 0 Å². The average molecular weight is 351 g/mol. The van der Waals surface area contributed by atoms with Crippen LogP contribution in [0.3, 0.4) is 0 Å². The summed E-state index contributed by atoms with van der Waals surface area (Å²) in [4.78, 5) is 15.1. The van der Waals surface area contributed by atoms with Crippen LogP contribution in [0.2, 0.25) is 0 Å². The van der Waals surface area contributed by atoms with Gasteiger partial charge in [0.2, 0.25) is 0 Å². The molecule has 0 radical (unpaired) electrons. The van der Waals surface area contributed by atoms with Crippen molar-refractivity contribution in [2.75, 3.05) is 13.1 Å². The number of hydrogen-bond acceptors (Lipinski definition) is 2. The number of carbonyl (C=O) groups is 1. The quantitative estimate of drug-likeness (QED) is 0.904. The maximum absolute atomic E-state index is 12.5. The molecule has 1 saturated heterocycles. The predicted octanol–water partition coefficient (Wildman–Crippen LogP) is 3.50. The first-order chi connectivity index (χ1) is 10.1. The molecule has 1 aromatic rings. The third kappa shape index (κ3) is 3.32. The lowest BCUT2D eigenvalue weighted by Gasteiger charge is -2.29.